The van der Waals surface area contributed by atoms with Gasteiger partial charge in [-0.3, -0.25) is 0 Å². The summed E-state index contributed by atoms with van der Waals surface area (Å²) in [6.45, 7) is 2.58. The Morgan fingerprint density at radius 1 is 1.23 bits per heavy atom. The number of hydrogen-bond donors (Lipinski definition) is 2. The number of anilines is 1. The molecule has 2 aromatic carbocycles. The van der Waals surface area contributed by atoms with Gasteiger partial charge in [0, 0.05) is 30.9 Å². The second-order valence-electron chi connectivity index (χ2n) is 5.65. The van der Waals surface area contributed by atoms with Crippen LogP contribution in [0.15, 0.2) is 48.5 Å². The topological polar surface area (TPSA) is 44.7 Å². The monoisotopic (exact) mass is 298 g/mol. The molecule has 4 nitrogen and oxygen atoms in total. The Kier molecular flexibility index (Phi) is 4.49. The van der Waals surface area contributed by atoms with Crippen molar-refractivity contribution in [2.45, 2.75) is 12.5 Å². The van der Waals surface area contributed by atoms with E-state index in [1.165, 1.54) is 5.69 Å². The predicted octanol–water partition coefficient (Wildman–Crippen LogP) is 2.94. The first-order chi connectivity index (χ1) is 10.7. The zero-order valence-electron chi connectivity index (χ0n) is 12.8. The molecule has 4 heteroatoms. The standard InChI is InChI=1S/C18H22N2O2/c1-20(14-6-3-2-4-7-14)11-5-10-19-17-13-22-18-12-15(21)8-9-16(17)18/h2-4,6-9,12,17,19,21H,5,10-11,13H2,1H3. The van der Waals surface area contributed by atoms with Crippen molar-refractivity contribution in [2.75, 3.05) is 31.6 Å². The number of nitrogens with one attached hydrogen (secondary N) is 1. The molecule has 0 spiro atoms. The van der Waals surface area contributed by atoms with E-state index < -0.39 is 0 Å². The van der Waals surface area contributed by atoms with Gasteiger partial charge in [-0.25, -0.2) is 0 Å². The van der Waals surface area contributed by atoms with E-state index in [1.807, 2.05) is 12.1 Å². The van der Waals surface area contributed by atoms with Crippen LogP contribution in [0.5, 0.6) is 11.5 Å². The first-order valence-corrected chi connectivity index (χ1v) is 7.69. The highest BCUT2D eigenvalue weighted by Gasteiger charge is 2.23. The van der Waals surface area contributed by atoms with Crippen LogP contribution < -0.4 is 15.0 Å². The van der Waals surface area contributed by atoms with Crippen LogP contribution in [-0.4, -0.2) is 31.9 Å². The molecule has 116 valence electrons. The number of fused-ring (bicyclic) bond motifs is 1. The van der Waals surface area contributed by atoms with Gasteiger partial charge in [0.05, 0.1) is 6.04 Å². The van der Waals surface area contributed by atoms with Gasteiger partial charge in [-0.1, -0.05) is 18.2 Å². The number of para-hydroxylation sites is 1. The molecule has 0 saturated heterocycles. The lowest BCUT2D eigenvalue weighted by Gasteiger charge is -2.20. The van der Waals surface area contributed by atoms with Gasteiger partial charge in [0.15, 0.2) is 0 Å². The predicted molar refractivity (Wildman–Crippen MR) is 88.7 cm³/mol. The highest BCUT2D eigenvalue weighted by Crippen LogP contribution is 2.34. The highest BCUT2D eigenvalue weighted by atomic mass is 16.5. The van der Waals surface area contributed by atoms with Crippen LogP contribution in [0.2, 0.25) is 0 Å². The first-order valence-electron chi connectivity index (χ1n) is 7.69. The molecule has 1 aliphatic heterocycles. The lowest BCUT2D eigenvalue weighted by Crippen LogP contribution is -2.27. The van der Waals surface area contributed by atoms with Gasteiger partial charge in [-0.05, 0) is 37.2 Å². The number of benzene rings is 2. The molecule has 3 rings (SSSR count). The van der Waals surface area contributed by atoms with Crippen LogP contribution in [0.25, 0.3) is 0 Å². The third kappa shape index (κ3) is 3.34. The van der Waals surface area contributed by atoms with Gasteiger partial charge in [-0.2, -0.15) is 0 Å². The number of aromatic hydroxyl groups is 1. The van der Waals surface area contributed by atoms with Crippen molar-refractivity contribution in [1.29, 1.82) is 0 Å². The van der Waals surface area contributed by atoms with Crippen LogP contribution in [0.4, 0.5) is 5.69 Å². The molecule has 1 atom stereocenters. The van der Waals surface area contributed by atoms with Crippen LogP contribution >= 0.6 is 0 Å². The van der Waals surface area contributed by atoms with Gasteiger partial charge >= 0.3 is 0 Å². The van der Waals surface area contributed by atoms with Crippen molar-refractivity contribution in [3.63, 3.8) is 0 Å². The van der Waals surface area contributed by atoms with E-state index in [2.05, 4.69) is 41.5 Å². The Hall–Kier alpha value is -2.20. The molecule has 0 aromatic heterocycles. The summed E-state index contributed by atoms with van der Waals surface area (Å²) >= 11 is 0. The van der Waals surface area contributed by atoms with E-state index in [1.54, 1.807) is 12.1 Å². The SMILES string of the molecule is CN(CCCNC1COc2cc(O)ccc21)c1ccccc1. The van der Waals surface area contributed by atoms with Crippen LogP contribution in [-0.2, 0) is 0 Å². The summed E-state index contributed by atoms with van der Waals surface area (Å²) in [5.74, 6) is 1.04. The number of rotatable bonds is 6. The largest absolute Gasteiger partial charge is 0.508 e. The maximum absolute atomic E-state index is 9.46. The fourth-order valence-electron chi connectivity index (χ4n) is 2.77. The minimum absolute atomic E-state index is 0.220. The van der Waals surface area contributed by atoms with Crippen molar-refractivity contribution in [3.05, 3.63) is 54.1 Å². The molecule has 0 fully saturated rings. The van der Waals surface area contributed by atoms with Crippen LogP contribution in [0.1, 0.15) is 18.0 Å². The minimum atomic E-state index is 0.220. The molecule has 1 aliphatic rings. The Labute approximate surface area is 131 Å². The zero-order valence-corrected chi connectivity index (χ0v) is 12.8. The van der Waals surface area contributed by atoms with E-state index in [-0.39, 0.29) is 11.8 Å². The van der Waals surface area contributed by atoms with E-state index in [0.29, 0.717) is 6.61 Å². The summed E-state index contributed by atoms with van der Waals surface area (Å²) < 4.78 is 5.61. The summed E-state index contributed by atoms with van der Waals surface area (Å²) in [5, 5.41) is 13.0. The van der Waals surface area contributed by atoms with E-state index >= 15 is 0 Å². The number of hydrogen-bond acceptors (Lipinski definition) is 4. The maximum atomic E-state index is 9.46. The van der Waals surface area contributed by atoms with Crippen molar-refractivity contribution < 1.29 is 9.84 Å². The number of nitrogens with zero attached hydrogens (tertiary/aromatic N) is 1. The van der Waals surface area contributed by atoms with Crippen LogP contribution in [0, 0.1) is 0 Å². The van der Waals surface area contributed by atoms with Crippen molar-refractivity contribution in [1.82, 2.24) is 5.32 Å². The summed E-state index contributed by atoms with van der Waals surface area (Å²) in [6.07, 6.45) is 1.06. The van der Waals surface area contributed by atoms with Gasteiger partial charge < -0.3 is 20.1 Å². The molecular weight excluding hydrogens is 276 g/mol. The summed E-state index contributed by atoms with van der Waals surface area (Å²) in [4.78, 5) is 2.26. The lowest BCUT2D eigenvalue weighted by molar-refractivity contribution is 0.310. The second kappa shape index (κ2) is 6.71. The minimum Gasteiger partial charge on any atom is -0.508 e. The summed E-state index contributed by atoms with van der Waals surface area (Å²) in [6, 6.07) is 16.0. The Morgan fingerprint density at radius 3 is 2.86 bits per heavy atom. The van der Waals surface area contributed by atoms with E-state index in [4.69, 9.17) is 4.74 Å². The average molecular weight is 298 g/mol. The normalized spacial score (nSPS) is 16.1. The Balaban J connectivity index is 1.45. The molecule has 1 unspecified atom stereocenters. The van der Waals surface area contributed by atoms with E-state index in [0.717, 1.165) is 30.8 Å². The highest BCUT2D eigenvalue weighted by molar-refractivity contribution is 5.45. The molecular formula is C18H22N2O2. The van der Waals surface area contributed by atoms with Crippen molar-refractivity contribution >= 4 is 5.69 Å². The zero-order chi connectivity index (χ0) is 15.4. The Bertz CT molecular complexity index is 616. The molecule has 0 saturated carbocycles. The summed E-state index contributed by atoms with van der Waals surface area (Å²) in [5.41, 5.74) is 2.38. The average Bonchev–Trinajstić information content (AvgIpc) is 2.94. The molecule has 22 heavy (non-hydrogen) atoms. The molecule has 0 aliphatic carbocycles. The van der Waals surface area contributed by atoms with Gasteiger partial charge in [0.2, 0.25) is 0 Å². The second-order valence-corrected chi connectivity index (χ2v) is 5.65. The van der Waals surface area contributed by atoms with Gasteiger partial charge in [-0.15, -0.1) is 0 Å². The number of phenolic OH excluding ortho intramolecular Hbond substituents is 1. The lowest BCUT2D eigenvalue weighted by atomic mass is 10.1. The van der Waals surface area contributed by atoms with Crippen molar-refractivity contribution in [2.24, 2.45) is 0 Å². The molecule has 0 bridgehead atoms. The first kappa shape index (κ1) is 14.7. The molecule has 2 N–H and O–H groups in total. The van der Waals surface area contributed by atoms with Crippen LogP contribution in [0.3, 0.4) is 0 Å². The molecule has 0 radical (unpaired) electrons. The van der Waals surface area contributed by atoms with E-state index in [9.17, 15) is 5.11 Å². The maximum Gasteiger partial charge on any atom is 0.127 e. The van der Waals surface area contributed by atoms with Gasteiger partial charge in [0.1, 0.15) is 18.1 Å². The number of ether oxygens (including phenoxy) is 1. The third-order valence-electron chi connectivity index (χ3n) is 4.04. The fraction of sp³-hybridized carbons (Fsp3) is 0.333. The molecule has 1 heterocycles. The number of phenols is 1. The fourth-order valence-corrected chi connectivity index (χ4v) is 2.77. The molecule has 2 aromatic rings. The smallest absolute Gasteiger partial charge is 0.127 e. The third-order valence-corrected chi connectivity index (χ3v) is 4.04. The molecule has 0 amide bonds. The quantitative estimate of drug-likeness (QED) is 0.805. The van der Waals surface area contributed by atoms with Crippen molar-refractivity contribution in [3.8, 4) is 11.5 Å². The summed E-state index contributed by atoms with van der Waals surface area (Å²) in [7, 11) is 2.12. The van der Waals surface area contributed by atoms with Gasteiger partial charge in [0.25, 0.3) is 0 Å². The Morgan fingerprint density at radius 2 is 2.05 bits per heavy atom.